The molecular formula is C14H22N6O. The lowest BCUT2D eigenvalue weighted by molar-refractivity contribution is -0.120. The van der Waals surface area contributed by atoms with Gasteiger partial charge in [-0.1, -0.05) is 0 Å². The Morgan fingerprint density at radius 2 is 2.43 bits per heavy atom. The minimum absolute atomic E-state index is 0.0504. The highest BCUT2D eigenvalue weighted by atomic mass is 16.2. The second kappa shape index (κ2) is 7.68. The molecule has 7 heteroatoms. The highest BCUT2D eigenvalue weighted by molar-refractivity contribution is 5.89. The van der Waals surface area contributed by atoms with Gasteiger partial charge in [0.15, 0.2) is 0 Å². The Morgan fingerprint density at radius 3 is 3.10 bits per heavy atom. The number of rotatable bonds is 5. The van der Waals surface area contributed by atoms with Crippen LogP contribution in [0.2, 0.25) is 0 Å². The van der Waals surface area contributed by atoms with Gasteiger partial charge >= 0.3 is 0 Å². The van der Waals surface area contributed by atoms with Gasteiger partial charge in [0.05, 0.1) is 12.5 Å². The summed E-state index contributed by atoms with van der Waals surface area (Å²) in [7, 11) is 1.67. The fourth-order valence-electron chi connectivity index (χ4n) is 2.29. The van der Waals surface area contributed by atoms with Gasteiger partial charge in [-0.25, -0.2) is 9.97 Å². The van der Waals surface area contributed by atoms with E-state index in [1.165, 1.54) is 12.7 Å². The van der Waals surface area contributed by atoms with Gasteiger partial charge in [-0.2, -0.15) is 0 Å². The van der Waals surface area contributed by atoms with E-state index >= 15 is 0 Å². The van der Waals surface area contributed by atoms with Crippen LogP contribution in [0.5, 0.6) is 0 Å². The molecule has 0 aromatic carbocycles. The molecule has 1 aromatic rings. The SMILES string of the molecule is C/N=C\N(CC(=O)N[C@@H]1CCCCN1)c1cc(C)ncn1. The average molecular weight is 290 g/mol. The molecule has 1 atom stereocenters. The highest BCUT2D eigenvalue weighted by Gasteiger charge is 2.17. The molecule has 0 spiro atoms. The molecule has 0 aliphatic carbocycles. The van der Waals surface area contributed by atoms with Crippen molar-refractivity contribution in [1.29, 1.82) is 0 Å². The molecule has 0 saturated carbocycles. The second-order valence-corrected chi connectivity index (χ2v) is 5.09. The van der Waals surface area contributed by atoms with E-state index in [9.17, 15) is 4.79 Å². The van der Waals surface area contributed by atoms with Crippen LogP contribution >= 0.6 is 0 Å². The lowest BCUT2D eigenvalue weighted by Crippen LogP contribution is -2.50. The van der Waals surface area contributed by atoms with E-state index in [0.29, 0.717) is 5.82 Å². The van der Waals surface area contributed by atoms with Crippen LogP contribution in [0.3, 0.4) is 0 Å². The number of carbonyl (C=O) groups is 1. The predicted molar refractivity (Wildman–Crippen MR) is 82.3 cm³/mol. The zero-order chi connectivity index (χ0) is 15.1. The molecule has 21 heavy (non-hydrogen) atoms. The summed E-state index contributed by atoms with van der Waals surface area (Å²) in [5, 5.41) is 6.29. The lowest BCUT2D eigenvalue weighted by Gasteiger charge is -2.26. The first-order valence-corrected chi connectivity index (χ1v) is 7.19. The smallest absolute Gasteiger partial charge is 0.241 e. The van der Waals surface area contributed by atoms with E-state index in [1.54, 1.807) is 18.3 Å². The fraction of sp³-hybridized carbons (Fsp3) is 0.571. The Balaban J connectivity index is 1.97. The van der Waals surface area contributed by atoms with Gasteiger partial charge in [0.25, 0.3) is 0 Å². The van der Waals surface area contributed by atoms with E-state index in [1.807, 2.05) is 13.0 Å². The summed E-state index contributed by atoms with van der Waals surface area (Å²) in [5.41, 5.74) is 0.851. The van der Waals surface area contributed by atoms with Crippen molar-refractivity contribution >= 4 is 18.1 Å². The van der Waals surface area contributed by atoms with Crippen molar-refractivity contribution < 1.29 is 4.79 Å². The summed E-state index contributed by atoms with van der Waals surface area (Å²) < 4.78 is 0. The highest BCUT2D eigenvalue weighted by Crippen LogP contribution is 2.09. The van der Waals surface area contributed by atoms with Crippen LogP contribution < -0.4 is 15.5 Å². The number of anilines is 1. The molecule has 1 aromatic heterocycles. The number of hydrogen-bond donors (Lipinski definition) is 2. The second-order valence-electron chi connectivity index (χ2n) is 5.09. The number of aryl methyl sites for hydroxylation is 1. The molecule has 1 fully saturated rings. The summed E-state index contributed by atoms with van der Waals surface area (Å²) in [4.78, 5) is 26.1. The first-order chi connectivity index (χ1) is 10.2. The maximum atomic E-state index is 12.2. The van der Waals surface area contributed by atoms with Crippen molar-refractivity contribution in [2.75, 3.05) is 25.0 Å². The largest absolute Gasteiger partial charge is 0.339 e. The van der Waals surface area contributed by atoms with Gasteiger partial charge in [-0.05, 0) is 32.7 Å². The van der Waals surface area contributed by atoms with Crippen LogP contribution in [0.1, 0.15) is 25.0 Å². The normalized spacial score (nSPS) is 18.7. The first-order valence-electron chi connectivity index (χ1n) is 7.19. The molecule has 7 nitrogen and oxygen atoms in total. The Bertz CT molecular complexity index is 498. The molecule has 2 N–H and O–H groups in total. The van der Waals surface area contributed by atoms with Crippen LogP contribution in [0.4, 0.5) is 5.82 Å². The molecule has 2 rings (SSSR count). The maximum absolute atomic E-state index is 12.2. The van der Waals surface area contributed by atoms with E-state index in [-0.39, 0.29) is 18.6 Å². The van der Waals surface area contributed by atoms with Crippen LogP contribution in [-0.2, 0) is 4.79 Å². The molecular weight excluding hydrogens is 268 g/mol. The number of aromatic nitrogens is 2. The van der Waals surface area contributed by atoms with Gasteiger partial charge in [0, 0.05) is 18.8 Å². The third-order valence-corrected chi connectivity index (χ3v) is 3.30. The number of nitrogens with zero attached hydrogens (tertiary/aromatic N) is 4. The van der Waals surface area contributed by atoms with Crippen molar-refractivity contribution in [3.63, 3.8) is 0 Å². The third kappa shape index (κ3) is 4.78. The summed E-state index contributed by atoms with van der Waals surface area (Å²) in [6.45, 7) is 3.03. The van der Waals surface area contributed by atoms with Gasteiger partial charge in [-0.15, -0.1) is 0 Å². The van der Waals surface area contributed by atoms with Crippen molar-refractivity contribution in [2.24, 2.45) is 4.99 Å². The minimum atomic E-state index is -0.0504. The Kier molecular flexibility index (Phi) is 5.62. The molecule has 1 aliphatic heterocycles. The lowest BCUT2D eigenvalue weighted by atomic mass is 10.1. The van der Waals surface area contributed by atoms with Crippen molar-refractivity contribution in [3.05, 3.63) is 18.1 Å². The molecule has 1 amide bonds. The minimum Gasteiger partial charge on any atom is -0.339 e. The number of hydrogen-bond acceptors (Lipinski definition) is 5. The standard InChI is InChI=1S/C14H22N6O/c1-11-7-13(18-9-17-11)20(10-15-2)8-14(21)19-12-5-3-4-6-16-12/h7,9-10,12,16H,3-6,8H2,1-2H3,(H,19,21)/b15-10-/t12-/m1/s1. The summed E-state index contributed by atoms with van der Waals surface area (Å²) in [5.74, 6) is 0.616. The molecule has 1 saturated heterocycles. The van der Waals surface area contributed by atoms with Crippen LogP contribution in [0.15, 0.2) is 17.4 Å². The third-order valence-electron chi connectivity index (χ3n) is 3.30. The molecule has 0 radical (unpaired) electrons. The number of nitrogens with one attached hydrogen (secondary N) is 2. The monoisotopic (exact) mass is 290 g/mol. The van der Waals surface area contributed by atoms with Gasteiger partial charge in [0.1, 0.15) is 18.7 Å². The number of aliphatic imine (C=N–C) groups is 1. The molecule has 1 aliphatic rings. The van der Waals surface area contributed by atoms with E-state index in [2.05, 4.69) is 25.6 Å². The average Bonchev–Trinajstić information content (AvgIpc) is 2.48. The van der Waals surface area contributed by atoms with E-state index in [0.717, 1.165) is 25.1 Å². The Morgan fingerprint density at radius 1 is 1.57 bits per heavy atom. The predicted octanol–water partition coefficient (Wildman–Crippen LogP) is 0.465. The zero-order valence-corrected chi connectivity index (χ0v) is 12.5. The Labute approximate surface area is 124 Å². The molecule has 0 unspecified atom stereocenters. The topological polar surface area (TPSA) is 82.5 Å². The maximum Gasteiger partial charge on any atom is 0.241 e. The summed E-state index contributed by atoms with van der Waals surface area (Å²) >= 11 is 0. The summed E-state index contributed by atoms with van der Waals surface area (Å²) in [6.07, 6.45) is 6.45. The van der Waals surface area contributed by atoms with E-state index in [4.69, 9.17) is 0 Å². The number of piperidine rings is 1. The van der Waals surface area contributed by atoms with Crippen molar-refractivity contribution in [1.82, 2.24) is 20.6 Å². The number of amides is 1. The first kappa shape index (κ1) is 15.4. The van der Waals surface area contributed by atoms with Gasteiger partial charge in [-0.3, -0.25) is 15.1 Å². The van der Waals surface area contributed by atoms with E-state index < -0.39 is 0 Å². The van der Waals surface area contributed by atoms with Crippen molar-refractivity contribution in [3.8, 4) is 0 Å². The molecule has 2 heterocycles. The number of carbonyl (C=O) groups excluding carboxylic acids is 1. The zero-order valence-electron chi connectivity index (χ0n) is 12.5. The quantitative estimate of drug-likeness (QED) is 0.608. The Hall–Kier alpha value is -2.02. The molecule has 114 valence electrons. The summed E-state index contributed by atoms with van der Waals surface area (Å²) in [6, 6.07) is 1.83. The van der Waals surface area contributed by atoms with Crippen LogP contribution in [0.25, 0.3) is 0 Å². The van der Waals surface area contributed by atoms with Crippen LogP contribution in [0, 0.1) is 6.92 Å². The van der Waals surface area contributed by atoms with Crippen LogP contribution in [-0.4, -0.2) is 48.5 Å². The van der Waals surface area contributed by atoms with Gasteiger partial charge < -0.3 is 10.2 Å². The van der Waals surface area contributed by atoms with Crippen molar-refractivity contribution in [2.45, 2.75) is 32.4 Å². The fourth-order valence-corrected chi connectivity index (χ4v) is 2.29. The molecule has 0 bridgehead atoms. The van der Waals surface area contributed by atoms with Gasteiger partial charge in [0.2, 0.25) is 5.91 Å².